The molecule has 2 aromatic carbocycles. The fourth-order valence-corrected chi connectivity index (χ4v) is 4.54. The van der Waals surface area contributed by atoms with Gasteiger partial charge >= 0.3 is 0 Å². The van der Waals surface area contributed by atoms with E-state index in [0.717, 1.165) is 23.5 Å². The van der Waals surface area contributed by atoms with E-state index in [1.165, 1.54) is 18.5 Å². The number of piperazine rings is 1. The topological polar surface area (TPSA) is 132 Å². The van der Waals surface area contributed by atoms with Crippen LogP contribution in [-0.4, -0.2) is 59.0 Å². The second-order valence-electron chi connectivity index (χ2n) is 9.27. The highest BCUT2D eigenvalue weighted by Crippen LogP contribution is 2.36. The van der Waals surface area contributed by atoms with E-state index in [1.54, 1.807) is 24.1 Å². The minimum atomic E-state index is -0.565. The molecule has 1 aliphatic rings. The molecule has 1 saturated heterocycles. The largest absolute Gasteiger partial charge is 0.454 e. The summed E-state index contributed by atoms with van der Waals surface area (Å²) in [5.41, 5.74) is 10.8. The molecule has 0 saturated carbocycles. The maximum absolute atomic E-state index is 14.6. The molecule has 1 fully saturated rings. The van der Waals surface area contributed by atoms with E-state index in [-0.39, 0.29) is 17.5 Å². The van der Waals surface area contributed by atoms with Crippen LogP contribution < -0.4 is 20.3 Å². The molecule has 5 rings (SSSR count). The summed E-state index contributed by atoms with van der Waals surface area (Å²) in [6, 6.07) is 12.0. The lowest BCUT2D eigenvalue weighted by atomic mass is 10.2. The van der Waals surface area contributed by atoms with Crippen molar-refractivity contribution in [1.82, 2.24) is 19.9 Å². The molecule has 3 N–H and O–H groups in total. The average molecular weight is 530 g/mol. The number of halogens is 1. The zero-order valence-electron chi connectivity index (χ0n) is 21.8. The molecule has 0 aliphatic carbocycles. The number of hydrogen-bond donors (Lipinski definition) is 3. The molecule has 200 valence electrons. The van der Waals surface area contributed by atoms with E-state index in [1.807, 2.05) is 32.0 Å². The van der Waals surface area contributed by atoms with Crippen molar-refractivity contribution in [3.63, 3.8) is 0 Å². The molecular weight excluding hydrogens is 501 g/mol. The van der Waals surface area contributed by atoms with Crippen molar-refractivity contribution in [2.24, 2.45) is 5.11 Å². The lowest BCUT2D eigenvalue weighted by Gasteiger charge is -2.38. The zero-order chi connectivity index (χ0) is 27.5. The first-order chi connectivity index (χ1) is 18.9. The summed E-state index contributed by atoms with van der Waals surface area (Å²) >= 11 is 0. The third-order valence-electron chi connectivity index (χ3n) is 6.70. The number of anilines is 4. The highest BCUT2D eigenvalue weighted by molar-refractivity contribution is 5.88. The minimum absolute atomic E-state index is 0.0226. The van der Waals surface area contributed by atoms with Gasteiger partial charge in [0.05, 0.1) is 11.2 Å². The summed E-state index contributed by atoms with van der Waals surface area (Å²) < 4.78 is 20.4. The Morgan fingerprint density at radius 1 is 1.15 bits per heavy atom. The standard InChI is InChI=1S/C27H28FN9O2/c1-16-10-18(4-6-23(16)39-24-12-22(35-29)21(30-3)11-19(24)28)33-27-26-20(31-14-32-27)5-7-25(34-26)36-8-9-37(15-38)17(2)13-36/h4-7,10-12,14-15,17,29-30H,8-9,13H2,1-3H3,(H,31,32,33)/t17-/m1/s1. The average Bonchev–Trinajstić information content (AvgIpc) is 2.95. The Balaban J connectivity index is 1.38. The number of fused-ring (bicyclic) bond motifs is 1. The van der Waals surface area contributed by atoms with Crippen LogP contribution in [-0.2, 0) is 4.79 Å². The van der Waals surface area contributed by atoms with Gasteiger partial charge in [-0.2, -0.15) is 5.11 Å². The van der Waals surface area contributed by atoms with Crippen LogP contribution in [0, 0.1) is 18.3 Å². The summed E-state index contributed by atoms with van der Waals surface area (Å²) in [6.07, 6.45) is 2.37. The number of benzene rings is 2. The van der Waals surface area contributed by atoms with Crippen molar-refractivity contribution in [1.29, 1.82) is 5.53 Å². The fraction of sp³-hybridized carbons (Fsp3) is 0.259. The molecule has 39 heavy (non-hydrogen) atoms. The third-order valence-corrected chi connectivity index (χ3v) is 6.70. The van der Waals surface area contributed by atoms with E-state index in [9.17, 15) is 9.18 Å². The van der Waals surface area contributed by atoms with Gasteiger partial charge in [0.15, 0.2) is 17.4 Å². The van der Waals surface area contributed by atoms with Crippen LogP contribution in [0.2, 0.25) is 0 Å². The van der Waals surface area contributed by atoms with Gasteiger partial charge in [0.1, 0.15) is 29.1 Å². The van der Waals surface area contributed by atoms with E-state index < -0.39 is 5.82 Å². The van der Waals surface area contributed by atoms with E-state index in [2.05, 4.69) is 30.6 Å². The predicted octanol–water partition coefficient (Wildman–Crippen LogP) is 5.38. The molecule has 11 nitrogen and oxygen atoms in total. The van der Waals surface area contributed by atoms with Gasteiger partial charge in [0.2, 0.25) is 6.41 Å². The van der Waals surface area contributed by atoms with Crippen molar-refractivity contribution in [3.05, 3.63) is 60.2 Å². The lowest BCUT2D eigenvalue weighted by Crippen LogP contribution is -2.51. The van der Waals surface area contributed by atoms with Crippen LogP contribution in [0.25, 0.3) is 11.0 Å². The number of amides is 1. The summed E-state index contributed by atoms with van der Waals surface area (Å²) in [7, 11) is 1.63. The molecule has 0 unspecified atom stereocenters. The Kier molecular flexibility index (Phi) is 7.17. The molecule has 1 amide bonds. The molecule has 2 aromatic heterocycles. The van der Waals surface area contributed by atoms with Crippen LogP contribution in [0.5, 0.6) is 11.5 Å². The Morgan fingerprint density at radius 2 is 2.00 bits per heavy atom. The fourth-order valence-electron chi connectivity index (χ4n) is 4.54. The van der Waals surface area contributed by atoms with Gasteiger partial charge in [-0.3, -0.25) is 4.79 Å². The molecule has 3 heterocycles. The first-order valence-corrected chi connectivity index (χ1v) is 12.4. The number of ether oxygens (including phenoxy) is 1. The SMILES string of the molecule is CNc1cc(F)c(Oc2ccc(Nc3ncnc4ccc(N5CCN(C=O)[C@H](C)C5)nc34)cc2C)cc1N=N. The zero-order valence-corrected chi connectivity index (χ0v) is 21.8. The van der Waals surface area contributed by atoms with Gasteiger partial charge in [-0.05, 0) is 49.7 Å². The highest BCUT2D eigenvalue weighted by Gasteiger charge is 2.23. The smallest absolute Gasteiger partial charge is 0.210 e. The van der Waals surface area contributed by atoms with Crippen LogP contribution in [0.4, 0.5) is 33.1 Å². The highest BCUT2D eigenvalue weighted by atomic mass is 19.1. The maximum Gasteiger partial charge on any atom is 0.210 e. The molecule has 0 bridgehead atoms. The minimum Gasteiger partial charge on any atom is -0.454 e. The number of aromatic nitrogens is 3. The Morgan fingerprint density at radius 3 is 2.72 bits per heavy atom. The van der Waals surface area contributed by atoms with Crippen LogP contribution in [0.15, 0.2) is 53.9 Å². The normalized spacial score (nSPS) is 15.2. The number of carbonyl (C=O) groups excluding carboxylic acids is 1. The van der Waals surface area contributed by atoms with Crippen molar-refractivity contribution in [2.75, 3.05) is 42.2 Å². The molecule has 4 aromatic rings. The number of hydrogen-bond acceptors (Lipinski definition) is 10. The number of pyridine rings is 1. The second-order valence-corrected chi connectivity index (χ2v) is 9.27. The number of rotatable bonds is 8. The second kappa shape index (κ2) is 10.9. The Bertz CT molecular complexity index is 1550. The van der Waals surface area contributed by atoms with Crippen molar-refractivity contribution in [3.8, 4) is 11.5 Å². The van der Waals surface area contributed by atoms with Crippen molar-refractivity contribution >= 4 is 46.1 Å². The van der Waals surface area contributed by atoms with Gasteiger partial charge in [0, 0.05) is 50.5 Å². The van der Waals surface area contributed by atoms with Crippen LogP contribution >= 0.6 is 0 Å². The Hall–Kier alpha value is -4.87. The molecule has 0 radical (unpaired) electrons. The predicted molar refractivity (Wildman–Crippen MR) is 147 cm³/mol. The Labute approximate surface area is 224 Å². The number of nitrogens with one attached hydrogen (secondary N) is 3. The monoisotopic (exact) mass is 529 g/mol. The van der Waals surface area contributed by atoms with E-state index in [4.69, 9.17) is 15.3 Å². The molecule has 0 spiro atoms. The first-order valence-electron chi connectivity index (χ1n) is 12.4. The van der Waals surface area contributed by atoms with Gasteiger partial charge in [0.25, 0.3) is 0 Å². The summed E-state index contributed by atoms with van der Waals surface area (Å²) in [4.78, 5) is 28.8. The quantitative estimate of drug-likeness (QED) is 0.205. The molecule has 12 heteroatoms. The summed E-state index contributed by atoms with van der Waals surface area (Å²) in [5, 5.41) is 9.56. The lowest BCUT2D eigenvalue weighted by molar-refractivity contribution is -0.120. The molecule has 1 aliphatic heterocycles. The van der Waals surface area contributed by atoms with E-state index in [0.29, 0.717) is 47.9 Å². The first kappa shape index (κ1) is 25.8. The summed E-state index contributed by atoms with van der Waals surface area (Å²) in [6.45, 7) is 5.88. The van der Waals surface area contributed by atoms with Crippen molar-refractivity contribution in [2.45, 2.75) is 19.9 Å². The van der Waals surface area contributed by atoms with E-state index >= 15 is 0 Å². The maximum atomic E-state index is 14.6. The van der Waals surface area contributed by atoms with Gasteiger partial charge in [-0.15, -0.1) is 0 Å². The summed E-state index contributed by atoms with van der Waals surface area (Å²) in [5.74, 6) is 1.21. The number of aryl methyl sites for hydroxylation is 1. The molecule has 1 atom stereocenters. The van der Waals surface area contributed by atoms with Gasteiger partial charge in [-0.1, -0.05) is 0 Å². The number of carbonyl (C=O) groups is 1. The van der Waals surface area contributed by atoms with Gasteiger partial charge in [-0.25, -0.2) is 24.9 Å². The van der Waals surface area contributed by atoms with Gasteiger partial charge < -0.3 is 25.2 Å². The van der Waals surface area contributed by atoms with Crippen molar-refractivity contribution < 1.29 is 13.9 Å². The van der Waals surface area contributed by atoms with Crippen LogP contribution in [0.1, 0.15) is 12.5 Å². The third kappa shape index (κ3) is 5.26. The number of nitrogens with zero attached hydrogens (tertiary/aromatic N) is 6. The van der Waals surface area contributed by atoms with Crippen LogP contribution in [0.3, 0.4) is 0 Å². The molecular formula is C27H28FN9O2.